The van der Waals surface area contributed by atoms with Crippen LogP contribution < -0.4 is 9.47 Å². The van der Waals surface area contributed by atoms with Gasteiger partial charge in [0.1, 0.15) is 30.8 Å². The van der Waals surface area contributed by atoms with Crippen molar-refractivity contribution in [2.75, 3.05) is 13.2 Å². The van der Waals surface area contributed by atoms with Gasteiger partial charge >= 0.3 is 24.1 Å². The molecule has 1 saturated carbocycles. The second-order valence-corrected chi connectivity index (χ2v) is 10.3. The molecule has 0 aliphatic heterocycles. The lowest BCUT2D eigenvalue weighted by Gasteiger charge is -2.36. The van der Waals surface area contributed by atoms with E-state index in [2.05, 4.69) is 27.4 Å². The third-order valence-corrected chi connectivity index (χ3v) is 6.70. The lowest BCUT2D eigenvalue weighted by Crippen LogP contribution is -2.35. The van der Waals surface area contributed by atoms with Gasteiger partial charge in [-0.1, -0.05) is 33.8 Å². The maximum atomic E-state index is 12.8. The molecule has 0 saturated heterocycles. The zero-order valence-electron chi connectivity index (χ0n) is 23.3. The third-order valence-electron chi connectivity index (χ3n) is 6.70. The van der Waals surface area contributed by atoms with E-state index in [1.54, 1.807) is 12.1 Å². The first-order valence-electron chi connectivity index (χ1n) is 13.3. The van der Waals surface area contributed by atoms with Crippen molar-refractivity contribution < 1.29 is 42.9 Å². The monoisotopic (exact) mass is 552 g/mol. The summed E-state index contributed by atoms with van der Waals surface area (Å²) >= 11 is 0. The zero-order valence-corrected chi connectivity index (χ0v) is 23.3. The van der Waals surface area contributed by atoms with Crippen LogP contribution >= 0.6 is 0 Å². The minimum absolute atomic E-state index is 0.110. The smallest absolute Gasteiger partial charge is 0.459 e. The van der Waals surface area contributed by atoms with Gasteiger partial charge < -0.3 is 23.7 Å². The van der Waals surface area contributed by atoms with E-state index >= 15 is 0 Å². The van der Waals surface area contributed by atoms with Gasteiger partial charge in [-0.15, -0.1) is 0 Å². The number of carbonyl (C=O) groups excluding carboxylic acids is 4. The average molecular weight is 553 g/mol. The van der Waals surface area contributed by atoms with Crippen LogP contribution in [-0.4, -0.2) is 43.4 Å². The van der Waals surface area contributed by atoms with Crippen molar-refractivity contribution >= 4 is 24.1 Å². The fraction of sp³-hybridized carbons (Fsp3) is 0.419. The van der Waals surface area contributed by atoms with E-state index in [0.717, 1.165) is 19.3 Å². The Kier molecular flexibility index (Phi) is 10.9. The molecule has 0 bridgehead atoms. The van der Waals surface area contributed by atoms with Crippen LogP contribution in [0, 0.1) is 17.8 Å². The minimum Gasteiger partial charge on any atom is -0.459 e. The highest BCUT2D eigenvalue weighted by atomic mass is 16.7. The summed E-state index contributed by atoms with van der Waals surface area (Å²) in [7, 11) is 0. The molecule has 0 amide bonds. The number of rotatable bonds is 10. The minimum atomic E-state index is -0.979. The van der Waals surface area contributed by atoms with Crippen LogP contribution in [0.15, 0.2) is 60.7 Å². The Morgan fingerprint density at radius 3 is 1.95 bits per heavy atom. The number of esters is 3. The molecule has 0 heterocycles. The summed E-state index contributed by atoms with van der Waals surface area (Å²) in [5.41, 5.74) is 0.878. The summed E-state index contributed by atoms with van der Waals surface area (Å²) in [5.74, 6) is 0.0989. The molecular formula is C31H36O9. The van der Waals surface area contributed by atoms with E-state index in [9.17, 15) is 19.2 Å². The maximum Gasteiger partial charge on any atom is 0.513 e. The molecule has 0 aromatic heterocycles. The van der Waals surface area contributed by atoms with Crippen LogP contribution in [0.3, 0.4) is 0 Å². The molecule has 1 aliphatic carbocycles. The lowest BCUT2D eigenvalue weighted by molar-refractivity contribution is -0.140. The molecule has 9 nitrogen and oxygen atoms in total. The number of hydrogen-bond donors (Lipinski definition) is 0. The second kappa shape index (κ2) is 14.3. The topological polar surface area (TPSA) is 114 Å². The molecule has 9 heteroatoms. The van der Waals surface area contributed by atoms with Gasteiger partial charge in [0.15, 0.2) is 0 Å². The van der Waals surface area contributed by atoms with Gasteiger partial charge in [-0.25, -0.2) is 19.2 Å². The number of ether oxygens (including phenoxy) is 5. The summed E-state index contributed by atoms with van der Waals surface area (Å²) in [6, 6.07) is 11.9. The van der Waals surface area contributed by atoms with Crippen LogP contribution in [-0.2, 0) is 19.0 Å². The largest absolute Gasteiger partial charge is 0.513 e. The van der Waals surface area contributed by atoms with E-state index in [-0.39, 0.29) is 42.0 Å². The quantitative estimate of drug-likeness (QED) is 0.0854. The number of hydrogen-bond acceptors (Lipinski definition) is 9. The molecule has 0 N–H and O–H groups in total. The SMILES string of the molecule is C=C(C)C(=O)OCCOC(=O)Oc1ccc(OC(=O)c2ccc(C(=O)OC3CC(C)CCC3C(C)C)cc2)cc1. The lowest BCUT2D eigenvalue weighted by atomic mass is 9.75. The highest BCUT2D eigenvalue weighted by Crippen LogP contribution is 2.35. The Morgan fingerprint density at radius 2 is 1.38 bits per heavy atom. The summed E-state index contributed by atoms with van der Waals surface area (Å²) < 4.78 is 25.9. The molecule has 0 spiro atoms. The molecule has 3 rings (SSSR count). The van der Waals surface area contributed by atoms with E-state index in [1.165, 1.54) is 43.3 Å². The van der Waals surface area contributed by atoms with Crippen LogP contribution in [0.5, 0.6) is 11.5 Å². The molecule has 1 aliphatic rings. The first-order valence-corrected chi connectivity index (χ1v) is 13.3. The van der Waals surface area contributed by atoms with Gasteiger partial charge in [0.25, 0.3) is 0 Å². The highest BCUT2D eigenvalue weighted by Gasteiger charge is 2.33. The molecular weight excluding hydrogens is 516 g/mol. The van der Waals surface area contributed by atoms with Crippen LogP contribution in [0.25, 0.3) is 0 Å². The average Bonchev–Trinajstić information content (AvgIpc) is 2.92. The number of benzene rings is 2. The van der Waals surface area contributed by atoms with Crippen molar-refractivity contribution in [1.29, 1.82) is 0 Å². The first-order chi connectivity index (χ1) is 19.0. The van der Waals surface area contributed by atoms with Crippen LogP contribution in [0.2, 0.25) is 0 Å². The van der Waals surface area contributed by atoms with Crippen molar-refractivity contribution in [3.05, 3.63) is 71.8 Å². The maximum absolute atomic E-state index is 12.8. The summed E-state index contributed by atoms with van der Waals surface area (Å²) in [5, 5.41) is 0. The standard InChI is InChI=1S/C31H36O9/c1-19(2)26-15-6-21(5)18-27(26)40-30(34)23-9-7-22(8-10-23)29(33)38-24-11-13-25(14-12-24)39-31(35)37-17-16-36-28(32)20(3)4/h7-14,19,21,26-27H,3,6,15-18H2,1-2,4-5H3. The van der Waals surface area contributed by atoms with Crippen LogP contribution in [0.1, 0.15) is 67.7 Å². The van der Waals surface area contributed by atoms with Crippen molar-refractivity contribution in [3.63, 3.8) is 0 Å². The summed E-state index contributed by atoms with van der Waals surface area (Å²) in [6.45, 7) is 11.1. The molecule has 40 heavy (non-hydrogen) atoms. The molecule has 0 radical (unpaired) electrons. The predicted octanol–water partition coefficient (Wildman–Crippen LogP) is 6.16. The zero-order chi connectivity index (χ0) is 29.2. The van der Waals surface area contributed by atoms with Gasteiger partial charge in [0, 0.05) is 5.57 Å². The molecule has 2 aromatic carbocycles. The summed E-state index contributed by atoms with van der Waals surface area (Å²) in [6.07, 6.45) is 1.96. The van der Waals surface area contributed by atoms with Crippen LogP contribution in [0.4, 0.5) is 4.79 Å². The van der Waals surface area contributed by atoms with Crippen molar-refractivity contribution in [1.82, 2.24) is 0 Å². The fourth-order valence-electron chi connectivity index (χ4n) is 4.45. The molecule has 3 atom stereocenters. The highest BCUT2D eigenvalue weighted by molar-refractivity contribution is 5.94. The van der Waals surface area contributed by atoms with E-state index in [4.69, 9.17) is 23.7 Å². The van der Waals surface area contributed by atoms with Crippen molar-refractivity contribution in [2.24, 2.45) is 17.8 Å². The van der Waals surface area contributed by atoms with Gasteiger partial charge in [-0.05, 0) is 86.1 Å². The normalized spacial score (nSPS) is 18.4. The Morgan fingerprint density at radius 1 is 0.825 bits per heavy atom. The number of carbonyl (C=O) groups is 4. The predicted molar refractivity (Wildman–Crippen MR) is 146 cm³/mol. The third kappa shape index (κ3) is 8.97. The Hall–Kier alpha value is -4.14. The second-order valence-electron chi connectivity index (χ2n) is 10.3. The van der Waals surface area contributed by atoms with Crippen molar-refractivity contribution in [2.45, 2.75) is 53.1 Å². The Balaban J connectivity index is 1.47. The van der Waals surface area contributed by atoms with Crippen molar-refractivity contribution in [3.8, 4) is 11.5 Å². The Labute approximate surface area is 234 Å². The molecule has 3 unspecified atom stereocenters. The van der Waals surface area contributed by atoms with Gasteiger partial charge in [-0.3, -0.25) is 0 Å². The summed E-state index contributed by atoms with van der Waals surface area (Å²) in [4.78, 5) is 48.4. The molecule has 2 aromatic rings. The fourth-order valence-corrected chi connectivity index (χ4v) is 4.45. The molecule has 1 fully saturated rings. The van der Waals surface area contributed by atoms with E-state index < -0.39 is 24.1 Å². The van der Waals surface area contributed by atoms with E-state index in [1.807, 2.05) is 0 Å². The van der Waals surface area contributed by atoms with E-state index in [0.29, 0.717) is 23.3 Å². The first kappa shape index (κ1) is 30.4. The molecule has 214 valence electrons. The van der Waals surface area contributed by atoms with Gasteiger partial charge in [-0.2, -0.15) is 0 Å². The van der Waals surface area contributed by atoms with Gasteiger partial charge in [0.05, 0.1) is 11.1 Å². The Bertz CT molecular complexity index is 1200. The van der Waals surface area contributed by atoms with Gasteiger partial charge in [0.2, 0.25) is 0 Å².